The number of hydrogen-bond acceptors (Lipinski definition) is 4. The highest BCUT2D eigenvalue weighted by Gasteiger charge is 2.42. The van der Waals surface area contributed by atoms with Gasteiger partial charge in [-0.1, -0.05) is 0 Å². The summed E-state index contributed by atoms with van der Waals surface area (Å²) >= 11 is 3.17. The van der Waals surface area contributed by atoms with E-state index in [1.807, 2.05) is 0 Å². The van der Waals surface area contributed by atoms with E-state index in [2.05, 4.69) is 21.0 Å². The Morgan fingerprint density at radius 1 is 0.963 bits per heavy atom. The molecule has 2 aromatic carbocycles. The van der Waals surface area contributed by atoms with E-state index < -0.39 is 40.7 Å². The van der Waals surface area contributed by atoms with Gasteiger partial charge in [0.05, 0.1) is 6.21 Å². The molecule has 3 rings (SSSR count). The highest BCUT2D eigenvalue weighted by Crippen LogP contribution is 2.39. The van der Waals surface area contributed by atoms with Crippen LogP contribution in [-0.2, 0) is 6.18 Å². The Hall–Kier alpha value is -2.50. The fraction of sp³-hybridized carbons (Fsp3) is 0.133. The summed E-state index contributed by atoms with van der Waals surface area (Å²) in [6.45, 7) is -0.0127. The van der Waals surface area contributed by atoms with Crippen LogP contribution in [0.4, 0.5) is 36.4 Å². The largest absolute Gasteiger partial charge is 0.454 e. The maximum absolute atomic E-state index is 13.8. The first-order valence-electron chi connectivity index (χ1n) is 6.92. The average molecular weight is 459 g/mol. The summed E-state index contributed by atoms with van der Waals surface area (Å²) in [5, 5.41) is 3.40. The third kappa shape index (κ3) is 3.53. The number of ether oxygens (including phenoxy) is 2. The maximum atomic E-state index is 13.8. The SMILES string of the molecule is Fc1c(F)c(C(F)(F)F)c(F)c(F)c1N/N=C/c1cc2c(cc1Br)OCO2. The van der Waals surface area contributed by atoms with E-state index in [0.29, 0.717) is 21.5 Å². The molecule has 4 nitrogen and oxygen atoms in total. The second-order valence-electron chi connectivity index (χ2n) is 5.10. The van der Waals surface area contributed by atoms with Gasteiger partial charge in [-0.15, -0.1) is 0 Å². The molecule has 0 fully saturated rings. The minimum atomic E-state index is -5.62. The minimum Gasteiger partial charge on any atom is -0.454 e. The van der Waals surface area contributed by atoms with Gasteiger partial charge in [-0.3, -0.25) is 5.43 Å². The standard InChI is InChI=1S/C15H6BrF7N2O2/c16-6-2-8-7(26-4-27-8)1-5(6)3-24-25-14-12(19)10(17)9(15(21,22)23)11(18)13(14)20/h1-3,25H,4H2/b24-3+. The van der Waals surface area contributed by atoms with Crippen LogP contribution in [-0.4, -0.2) is 13.0 Å². The number of hydrogen-bond donors (Lipinski definition) is 1. The number of nitrogens with zero attached hydrogens (tertiary/aromatic N) is 1. The first-order valence-corrected chi connectivity index (χ1v) is 7.72. The van der Waals surface area contributed by atoms with E-state index in [0.717, 1.165) is 6.21 Å². The Morgan fingerprint density at radius 2 is 1.52 bits per heavy atom. The molecule has 1 aliphatic rings. The average Bonchev–Trinajstić information content (AvgIpc) is 3.02. The van der Waals surface area contributed by atoms with Crippen molar-refractivity contribution in [1.29, 1.82) is 0 Å². The molecule has 1 heterocycles. The molecule has 0 amide bonds. The van der Waals surface area contributed by atoms with E-state index in [1.165, 1.54) is 12.1 Å². The van der Waals surface area contributed by atoms with Crippen LogP contribution in [0.3, 0.4) is 0 Å². The Kier molecular flexibility index (Phi) is 4.93. The Morgan fingerprint density at radius 3 is 2.07 bits per heavy atom. The van der Waals surface area contributed by atoms with Crippen LogP contribution in [0.15, 0.2) is 21.7 Å². The van der Waals surface area contributed by atoms with Crippen molar-refractivity contribution >= 4 is 27.8 Å². The molecule has 0 spiro atoms. The van der Waals surface area contributed by atoms with Crippen molar-refractivity contribution in [3.63, 3.8) is 0 Å². The first kappa shape index (κ1) is 19.3. The Balaban J connectivity index is 1.92. The quantitative estimate of drug-likeness (QED) is 0.297. The van der Waals surface area contributed by atoms with Crippen LogP contribution in [0.1, 0.15) is 11.1 Å². The van der Waals surface area contributed by atoms with Crippen LogP contribution < -0.4 is 14.9 Å². The number of rotatable bonds is 3. The second-order valence-corrected chi connectivity index (χ2v) is 5.96. The van der Waals surface area contributed by atoms with Crippen LogP contribution in [0.5, 0.6) is 11.5 Å². The normalized spacial score (nSPS) is 13.5. The Bertz CT molecular complexity index is 918. The number of fused-ring (bicyclic) bond motifs is 1. The van der Waals surface area contributed by atoms with E-state index in [-0.39, 0.29) is 6.79 Å². The first-order chi connectivity index (χ1) is 12.6. The lowest BCUT2D eigenvalue weighted by molar-refractivity contribution is -0.143. The molecule has 27 heavy (non-hydrogen) atoms. The van der Waals surface area contributed by atoms with Gasteiger partial charge < -0.3 is 9.47 Å². The fourth-order valence-electron chi connectivity index (χ4n) is 2.18. The predicted molar refractivity (Wildman–Crippen MR) is 82.8 cm³/mol. The third-order valence-electron chi connectivity index (χ3n) is 3.42. The smallest absolute Gasteiger partial charge is 0.422 e. The zero-order valence-corrected chi connectivity index (χ0v) is 14.3. The molecule has 12 heteroatoms. The van der Waals surface area contributed by atoms with Gasteiger partial charge in [0.15, 0.2) is 34.8 Å². The van der Waals surface area contributed by atoms with Crippen molar-refractivity contribution in [3.05, 3.63) is 51.0 Å². The van der Waals surface area contributed by atoms with Crippen LogP contribution in [0.2, 0.25) is 0 Å². The molecule has 0 radical (unpaired) electrons. The number of benzene rings is 2. The van der Waals surface area contributed by atoms with Crippen molar-refractivity contribution in [1.82, 2.24) is 0 Å². The number of hydrazone groups is 1. The number of alkyl halides is 3. The van der Waals surface area contributed by atoms with Crippen molar-refractivity contribution in [2.45, 2.75) is 6.18 Å². The molecular formula is C15H6BrF7N2O2. The van der Waals surface area contributed by atoms with Gasteiger partial charge in [-0.2, -0.15) is 18.3 Å². The van der Waals surface area contributed by atoms with E-state index in [9.17, 15) is 30.7 Å². The summed E-state index contributed by atoms with van der Waals surface area (Å²) in [4.78, 5) is 0. The van der Waals surface area contributed by atoms with Crippen LogP contribution >= 0.6 is 15.9 Å². The molecule has 2 aromatic rings. The van der Waals surface area contributed by atoms with Gasteiger partial charge in [0, 0.05) is 10.0 Å². The monoisotopic (exact) mass is 458 g/mol. The zero-order valence-electron chi connectivity index (χ0n) is 12.7. The highest BCUT2D eigenvalue weighted by molar-refractivity contribution is 9.10. The molecule has 0 unspecified atom stereocenters. The number of halogens is 8. The maximum Gasteiger partial charge on any atom is 0.422 e. The third-order valence-corrected chi connectivity index (χ3v) is 4.11. The lowest BCUT2D eigenvalue weighted by Crippen LogP contribution is -2.16. The highest BCUT2D eigenvalue weighted by atomic mass is 79.9. The van der Waals surface area contributed by atoms with E-state index in [1.54, 1.807) is 5.43 Å². The molecule has 0 bridgehead atoms. The topological polar surface area (TPSA) is 42.9 Å². The molecule has 0 saturated heterocycles. The summed E-state index contributed by atoms with van der Waals surface area (Å²) in [6.07, 6.45) is -4.62. The molecular weight excluding hydrogens is 453 g/mol. The van der Waals surface area contributed by atoms with E-state index in [4.69, 9.17) is 9.47 Å². The van der Waals surface area contributed by atoms with Crippen LogP contribution in [0.25, 0.3) is 0 Å². The fourth-order valence-corrected chi connectivity index (χ4v) is 2.60. The summed E-state index contributed by atoms with van der Waals surface area (Å²) in [6, 6.07) is 2.96. The lowest BCUT2D eigenvalue weighted by atomic mass is 10.1. The molecule has 144 valence electrons. The van der Waals surface area contributed by atoms with E-state index >= 15 is 0 Å². The van der Waals surface area contributed by atoms with Gasteiger partial charge in [-0.25, -0.2) is 17.6 Å². The summed E-state index contributed by atoms with van der Waals surface area (Å²) in [5.74, 6) is -8.91. The summed E-state index contributed by atoms with van der Waals surface area (Å²) < 4.78 is 103. The number of nitrogens with one attached hydrogen (secondary N) is 1. The molecule has 1 aliphatic heterocycles. The molecule has 0 saturated carbocycles. The van der Waals surface area contributed by atoms with Crippen molar-refractivity contribution in [3.8, 4) is 11.5 Å². The molecule has 0 aromatic heterocycles. The predicted octanol–water partition coefficient (Wildman–Crippen LogP) is 5.20. The Labute approximate surface area is 154 Å². The molecule has 1 N–H and O–H groups in total. The van der Waals surface area contributed by atoms with Gasteiger partial charge in [0.1, 0.15) is 11.3 Å². The second kappa shape index (κ2) is 6.91. The van der Waals surface area contributed by atoms with Crippen molar-refractivity contribution < 1.29 is 40.2 Å². The van der Waals surface area contributed by atoms with Crippen molar-refractivity contribution in [2.75, 3.05) is 12.2 Å². The number of anilines is 1. The minimum absolute atomic E-state index is 0.0127. The molecule has 0 atom stereocenters. The van der Waals surface area contributed by atoms with Crippen molar-refractivity contribution in [2.24, 2.45) is 5.10 Å². The molecule has 0 aliphatic carbocycles. The lowest BCUT2D eigenvalue weighted by Gasteiger charge is -2.13. The summed E-state index contributed by atoms with van der Waals surface area (Å²) in [7, 11) is 0. The van der Waals surface area contributed by atoms with Gasteiger partial charge in [0.25, 0.3) is 0 Å². The zero-order chi connectivity index (χ0) is 19.9. The van der Waals surface area contributed by atoms with Gasteiger partial charge >= 0.3 is 6.18 Å². The van der Waals surface area contributed by atoms with Gasteiger partial charge in [-0.05, 0) is 28.1 Å². The summed E-state index contributed by atoms with van der Waals surface area (Å²) in [5.41, 5.74) is -2.19. The van der Waals surface area contributed by atoms with Crippen LogP contribution in [0, 0.1) is 23.3 Å². The van der Waals surface area contributed by atoms with Gasteiger partial charge in [0.2, 0.25) is 6.79 Å².